The molecule has 23 heteroatoms. The van der Waals surface area contributed by atoms with Crippen molar-refractivity contribution in [1.82, 2.24) is 0 Å². The topological polar surface area (TPSA) is 253 Å². The van der Waals surface area contributed by atoms with E-state index in [4.69, 9.17) is 57.4 Å². The second-order valence-corrected chi connectivity index (χ2v) is 5.17. The van der Waals surface area contributed by atoms with Crippen molar-refractivity contribution in [1.29, 1.82) is 0 Å². The van der Waals surface area contributed by atoms with Gasteiger partial charge in [0.05, 0.1) is 0 Å². The number of halogens is 4. The van der Waals surface area contributed by atoms with Gasteiger partial charge in [-0.25, -0.2) is 16.8 Å². The summed E-state index contributed by atoms with van der Waals surface area (Å²) in [7, 11) is -22.6. The largest absolute Gasteiger partial charge is 2.00 e. The molecule has 1 radical (unpaired) electrons. The van der Waals surface area contributed by atoms with Crippen LogP contribution in [0.15, 0.2) is 0 Å². The molecule has 0 aromatic carbocycles. The van der Waals surface area contributed by atoms with Gasteiger partial charge in [-0.15, -0.1) is 0 Å². The maximum Gasteiger partial charge on any atom is 2.00 e. The smallest absolute Gasteiger partial charge is 0.786 e. The Kier molecular flexibility index (Phi) is 37.3. The van der Waals surface area contributed by atoms with Crippen LogP contribution >= 0.6 is 31.6 Å². The molecule has 0 aliphatic rings. The van der Waals surface area contributed by atoms with Gasteiger partial charge in [0.15, 0.2) is 0 Å². The molecule has 0 spiro atoms. The van der Waals surface area contributed by atoms with Gasteiger partial charge in [0.1, 0.15) is 31.6 Å². The van der Waals surface area contributed by atoms with Crippen molar-refractivity contribution in [3.63, 3.8) is 0 Å². The van der Waals surface area contributed by atoms with Crippen LogP contribution in [0.25, 0.3) is 0 Å². The van der Waals surface area contributed by atoms with Gasteiger partial charge in [-0.3, -0.25) is 0 Å². The molecule has 139 valence electrons. The summed E-state index contributed by atoms with van der Waals surface area (Å²) in [6.45, 7) is 0. The third-order valence-electron chi connectivity index (χ3n) is 0. The van der Waals surface area contributed by atoms with Crippen molar-refractivity contribution >= 4 is 31.6 Å². The molecule has 0 amide bonds. The molecule has 0 aliphatic carbocycles. The molecule has 0 atom stereocenters. The van der Waals surface area contributed by atoms with Crippen LogP contribution in [0.2, 0.25) is 0 Å². The molecule has 23 heavy (non-hydrogen) atoms. The first-order chi connectivity index (χ1) is 8.00. The van der Waals surface area contributed by atoms with E-state index in [2.05, 4.69) is 0 Å². The van der Waals surface area contributed by atoms with Gasteiger partial charge in [-0.05, 0) is 0 Å². The fourth-order valence-corrected chi connectivity index (χ4v) is 0. The monoisotopic (exact) mass is 522 g/mol. The van der Waals surface area contributed by atoms with E-state index in [1.165, 1.54) is 0 Å². The van der Waals surface area contributed by atoms with Gasteiger partial charge in [-0.1, -0.05) is 0 Å². The van der Waals surface area contributed by atoms with Gasteiger partial charge < -0.3 is 57.4 Å². The van der Waals surface area contributed by atoms with Crippen molar-refractivity contribution < 1.29 is 139 Å². The summed E-state index contributed by atoms with van der Waals surface area (Å²) in [6.07, 6.45) is 0. The number of hydrogen-bond donors (Lipinski definition) is 0. The summed E-state index contributed by atoms with van der Waals surface area (Å²) in [4.78, 5) is 67.5. The molecule has 0 aromatic rings. The molecule has 0 aliphatic heterocycles. The van der Waals surface area contributed by atoms with E-state index < -0.39 is 31.6 Å². The molecule has 0 fully saturated rings. The fourth-order valence-electron chi connectivity index (χ4n) is 0. The molecule has 0 aromatic heterocycles. The summed E-state index contributed by atoms with van der Waals surface area (Å²) in [5.74, 6) is 0. The minimum absolute atomic E-state index is 0. The maximum absolute atomic E-state index is 10.1. The van der Waals surface area contributed by atoms with Crippen LogP contribution in [0.4, 0.5) is 16.8 Å². The van der Waals surface area contributed by atoms with Gasteiger partial charge in [-0.2, -0.15) is 0 Å². The molecule has 12 nitrogen and oxygen atoms in total. The van der Waals surface area contributed by atoms with Crippen molar-refractivity contribution in [2.24, 2.45) is 0 Å². The van der Waals surface area contributed by atoms with Crippen LogP contribution in [-0.4, -0.2) is 0 Å². The Bertz CT molecular complexity index is 310. The van der Waals surface area contributed by atoms with E-state index in [1.54, 1.807) is 0 Å². The molecule has 0 N–H and O–H groups in total. The van der Waals surface area contributed by atoms with E-state index in [0.29, 0.717) is 0 Å². The zero-order valence-corrected chi connectivity index (χ0v) is 18.1. The third-order valence-corrected chi connectivity index (χ3v) is 0. The minimum atomic E-state index is -5.64. The Balaban J connectivity index is -0.0000000284. The Hall–Kier alpha value is 2.42. The average molecular weight is 522 g/mol. The van der Waals surface area contributed by atoms with Crippen LogP contribution < -0.4 is 68.7 Å². The molecule has 0 bridgehead atoms. The van der Waals surface area contributed by atoms with E-state index in [1.807, 2.05) is 0 Å². The first-order valence-electron chi connectivity index (χ1n) is 2.87. The van der Waals surface area contributed by atoms with Crippen molar-refractivity contribution in [3.8, 4) is 0 Å². The van der Waals surface area contributed by atoms with Crippen LogP contribution in [0.5, 0.6) is 0 Å². The number of hydrogen-bond acceptors (Lipinski definition) is 12. The summed E-state index contributed by atoms with van der Waals surface area (Å²) < 4.78 is 74.3. The number of rotatable bonds is 0. The van der Waals surface area contributed by atoms with Gasteiger partial charge in [0.2, 0.25) is 0 Å². The standard InChI is InChI=1S/4FH2O3P.Fe.Na.V/c4*1-5(2,3)4;;;/h4*(H2,2,3,4);;;/q;;;;+2;+1;/p-8. The van der Waals surface area contributed by atoms with Crippen LogP contribution in [0, 0.1) is 0 Å². The molecule has 0 rings (SSSR count). The van der Waals surface area contributed by atoms with Gasteiger partial charge in [0, 0.05) is 18.6 Å². The molecule has 0 heterocycles. The summed E-state index contributed by atoms with van der Waals surface area (Å²) in [5.41, 5.74) is 0. The summed E-state index contributed by atoms with van der Waals surface area (Å²) in [6, 6.07) is 0. The van der Waals surface area contributed by atoms with E-state index in [-0.39, 0.29) is 65.2 Å². The average Bonchev–Trinajstić information content (AvgIpc) is 1.62. The molecule has 0 unspecified atom stereocenters. The third kappa shape index (κ3) is 2090. The van der Waals surface area contributed by atoms with Crippen LogP contribution in [-0.2, 0) is 53.9 Å². The summed E-state index contributed by atoms with van der Waals surface area (Å²) in [5, 5.41) is 0. The predicted octanol–water partition coefficient (Wildman–Crippen LogP) is -7.86. The van der Waals surface area contributed by atoms with E-state index in [0.717, 1.165) is 0 Å². The molecular weight excluding hydrogens is 522 g/mol. The Morgan fingerprint density at radius 2 is 0.478 bits per heavy atom. The normalized spacial score (nSPS) is 10.3. The molecular formula is F4FeNaO12P4V-5. The Morgan fingerprint density at radius 1 is 0.478 bits per heavy atom. The van der Waals surface area contributed by atoms with Gasteiger partial charge in [0.25, 0.3) is 0 Å². The van der Waals surface area contributed by atoms with Crippen molar-refractivity contribution in [2.75, 3.05) is 0 Å². The van der Waals surface area contributed by atoms with Crippen molar-refractivity contribution in [2.45, 2.75) is 0 Å². The fraction of sp³-hybridized carbons (Fsp3) is 0. The maximum atomic E-state index is 10.1. The Labute approximate surface area is 170 Å². The molecule has 0 saturated heterocycles. The Morgan fingerprint density at radius 3 is 0.478 bits per heavy atom. The minimum Gasteiger partial charge on any atom is -0.786 e. The molecule has 0 saturated carbocycles. The van der Waals surface area contributed by atoms with Crippen LogP contribution in [0.3, 0.4) is 0 Å². The van der Waals surface area contributed by atoms with E-state index in [9.17, 15) is 16.8 Å². The second kappa shape index (κ2) is 19.2. The van der Waals surface area contributed by atoms with Crippen LogP contribution in [0.1, 0.15) is 0 Å². The quantitative estimate of drug-likeness (QED) is 0.163. The van der Waals surface area contributed by atoms with Gasteiger partial charge >= 0.3 is 46.6 Å². The zero-order valence-electron chi connectivity index (χ0n) is 10.0. The first kappa shape index (κ1) is 44.7. The SMILES string of the molecule is O=P([O-])([O-])F.O=P([O-])([O-])F.O=P([O-])([O-])F.O=P([O-])([O-])F.[Fe+2].[Na+].[V]. The summed E-state index contributed by atoms with van der Waals surface area (Å²) >= 11 is 0. The van der Waals surface area contributed by atoms with Crippen molar-refractivity contribution in [3.05, 3.63) is 0 Å². The first-order valence-corrected chi connectivity index (χ1v) is 8.60. The van der Waals surface area contributed by atoms with E-state index >= 15 is 0 Å². The zero-order chi connectivity index (χ0) is 18.0. The predicted molar refractivity (Wildman–Crippen MR) is 34.9 cm³/mol. The second-order valence-electron chi connectivity index (χ2n) is 1.72.